The molecule has 7 heteroatoms. The lowest BCUT2D eigenvalue weighted by Gasteiger charge is -2.11. The summed E-state index contributed by atoms with van der Waals surface area (Å²) in [5.41, 5.74) is 0.984. The predicted octanol–water partition coefficient (Wildman–Crippen LogP) is 4.12. The molecule has 0 aliphatic carbocycles. The van der Waals surface area contributed by atoms with Gasteiger partial charge in [-0.2, -0.15) is 0 Å². The van der Waals surface area contributed by atoms with Crippen LogP contribution < -0.4 is 10.6 Å². The molecule has 1 amide bonds. The molecule has 0 fully saturated rings. The molecule has 0 atom stereocenters. The highest BCUT2D eigenvalue weighted by molar-refractivity contribution is 6.31. The van der Waals surface area contributed by atoms with E-state index in [-0.39, 0.29) is 6.54 Å². The SMILES string of the molecule is Cc1c(Cl)cccc1NCC(=O)Nc1ccc(F)c(F)c1F. The number of benzene rings is 2. The average Bonchev–Trinajstić information content (AvgIpc) is 2.49. The van der Waals surface area contributed by atoms with Crippen molar-refractivity contribution in [3.63, 3.8) is 0 Å². The summed E-state index contributed by atoms with van der Waals surface area (Å²) in [5.74, 6) is -4.99. The summed E-state index contributed by atoms with van der Waals surface area (Å²) < 4.78 is 39.3. The first-order chi connectivity index (χ1) is 10.4. The molecule has 2 aromatic carbocycles. The lowest BCUT2D eigenvalue weighted by atomic mass is 10.2. The Morgan fingerprint density at radius 3 is 2.55 bits per heavy atom. The number of carbonyl (C=O) groups is 1. The molecule has 0 aliphatic rings. The largest absolute Gasteiger partial charge is 0.376 e. The summed E-state index contributed by atoms with van der Waals surface area (Å²) in [6.45, 7) is 1.59. The molecular formula is C15H12ClF3N2O. The third kappa shape index (κ3) is 3.51. The third-order valence-corrected chi connectivity index (χ3v) is 3.43. The van der Waals surface area contributed by atoms with Crippen LogP contribution in [0.3, 0.4) is 0 Å². The van der Waals surface area contributed by atoms with Crippen molar-refractivity contribution >= 4 is 28.9 Å². The predicted molar refractivity (Wildman–Crippen MR) is 79.6 cm³/mol. The van der Waals surface area contributed by atoms with Crippen LogP contribution in [0.2, 0.25) is 5.02 Å². The number of amides is 1. The standard InChI is InChI=1S/C15H12ClF3N2O/c1-8-9(16)3-2-4-11(8)20-7-13(22)21-12-6-5-10(17)14(18)15(12)19/h2-6,20H,7H2,1H3,(H,21,22). The number of carbonyl (C=O) groups excluding carboxylic acids is 1. The van der Waals surface area contributed by atoms with Gasteiger partial charge < -0.3 is 10.6 Å². The fourth-order valence-corrected chi connectivity index (χ4v) is 1.97. The van der Waals surface area contributed by atoms with Crippen LogP contribution in [0.4, 0.5) is 24.5 Å². The monoisotopic (exact) mass is 328 g/mol. The zero-order chi connectivity index (χ0) is 16.3. The fourth-order valence-electron chi connectivity index (χ4n) is 1.79. The van der Waals surface area contributed by atoms with Gasteiger partial charge in [0.2, 0.25) is 5.91 Å². The molecule has 0 aliphatic heterocycles. The highest BCUT2D eigenvalue weighted by atomic mass is 35.5. The van der Waals surface area contributed by atoms with Gasteiger partial charge in [-0.05, 0) is 36.8 Å². The maximum absolute atomic E-state index is 13.4. The Labute approximate surface area is 130 Å². The van der Waals surface area contributed by atoms with E-state index in [4.69, 9.17) is 11.6 Å². The highest BCUT2D eigenvalue weighted by Crippen LogP contribution is 2.23. The number of hydrogen-bond donors (Lipinski definition) is 2. The van der Waals surface area contributed by atoms with Crippen molar-refractivity contribution in [1.29, 1.82) is 0 Å². The molecule has 3 nitrogen and oxygen atoms in total. The molecule has 0 saturated heterocycles. The van der Waals surface area contributed by atoms with Gasteiger partial charge in [0.1, 0.15) is 0 Å². The molecular weight excluding hydrogens is 317 g/mol. The lowest BCUT2D eigenvalue weighted by Crippen LogP contribution is -2.23. The van der Waals surface area contributed by atoms with E-state index in [0.717, 1.165) is 17.7 Å². The lowest BCUT2D eigenvalue weighted by molar-refractivity contribution is -0.114. The van der Waals surface area contributed by atoms with Gasteiger partial charge in [-0.3, -0.25) is 4.79 Å². The molecule has 0 heterocycles. The summed E-state index contributed by atoms with van der Waals surface area (Å²) in [4.78, 5) is 11.7. The Kier molecular flexibility index (Phi) is 4.92. The summed E-state index contributed by atoms with van der Waals surface area (Å²) in [7, 11) is 0. The first-order valence-electron chi connectivity index (χ1n) is 6.32. The second-order valence-electron chi connectivity index (χ2n) is 4.54. The quantitative estimate of drug-likeness (QED) is 0.829. The summed E-state index contributed by atoms with van der Waals surface area (Å²) in [6.07, 6.45) is 0. The molecule has 2 N–H and O–H groups in total. The van der Waals surface area contributed by atoms with E-state index in [1.165, 1.54) is 0 Å². The Balaban J connectivity index is 2.02. The molecule has 2 aromatic rings. The van der Waals surface area contributed by atoms with E-state index in [1.807, 2.05) is 0 Å². The molecule has 0 aromatic heterocycles. The van der Waals surface area contributed by atoms with E-state index < -0.39 is 29.0 Å². The van der Waals surface area contributed by atoms with E-state index >= 15 is 0 Å². The smallest absolute Gasteiger partial charge is 0.243 e. The zero-order valence-electron chi connectivity index (χ0n) is 11.5. The maximum Gasteiger partial charge on any atom is 0.243 e. The Bertz CT molecular complexity index is 722. The van der Waals surface area contributed by atoms with Crippen molar-refractivity contribution in [3.05, 3.63) is 58.4 Å². The first kappa shape index (κ1) is 16.2. The second-order valence-corrected chi connectivity index (χ2v) is 4.94. The molecule has 22 heavy (non-hydrogen) atoms. The Morgan fingerprint density at radius 1 is 1.09 bits per heavy atom. The fraction of sp³-hybridized carbons (Fsp3) is 0.133. The van der Waals surface area contributed by atoms with Crippen LogP contribution in [-0.4, -0.2) is 12.5 Å². The van der Waals surface area contributed by atoms with E-state index in [2.05, 4.69) is 10.6 Å². The van der Waals surface area contributed by atoms with Gasteiger partial charge >= 0.3 is 0 Å². The Hall–Kier alpha value is -2.21. The van der Waals surface area contributed by atoms with Crippen molar-refractivity contribution in [2.24, 2.45) is 0 Å². The topological polar surface area (TPSA) is 41.1 Å². The van der Waals surface area contributed by atoms with Gasteiger partial charge in [0, 0.05) is 10.7 Å². The van der Waals surface area contributed by atoms with Crippen molar-refractivity contribution in [3.8, 4) is 0 Å². The first-order valence-corrected chi connectivity index (χ1v) is 6.70. The molecule has 0 radical (unpaired) electrons. The van der Waals surface area contributed by atoms with Gasteiger partial charge in [-0.15, -0.1) is 0 Å². The number of anilines is 2. The number of rotatable bonds is 4. The van der Waals surface area contributed by atoms with Crippen molar-refractivity contribution < 1.29 is 18.0 Å². The van der Waals surface area contributed by atoms with Crippen LogP contribution in [0.1, 0.15) is 5.56 Å². The van der Waals surface area contributed by atoms with E-state index in [0.29, 0.717) is 10.7 Å². The molecule has 0 saturated carbocycles. The van der Waals surface area contributed by atoms with E-state index in [1.54, 1.807) is 25.1 Å². The van der Waals surface area contributed by atoms with Gasteiger partial charge in [0.15, 0.2) is 17.5 Å². The molecule has 2 rings (SSSR count). The summed E-state index contributed by atoms with van der Waals surface area (Å²) >= 11 is 5.94. The van der Waals surface area contributed by atoms with Crippen molar-refractivity contribution in [1.82, 2.24) is 0 Å². The van der Waals surface area contributed by atoms with Crippen LogP contribution in [0.15, 0.2) is 30.3 Å². The van der Waals surface area contributed by atoms with Crippen LogP contribution >= 0.6 is 11.6 Å². The second kappa shape index (κ2) is 6.70. The summed E-state index contributed by atoms with van der Waals surface area (Å²) in [5, 5.41) is 5.54. The number of hydrogen-bond acceptors (Lipinski definition) is 2. The summed E-state index contributed by atoms with van der Waals surface area (Å²) in [6, 6.07) is 6.84. The van der Waals surface area contributed by atoms with Crippen LogP contribution in [-0.2, 0) is 4.79 Å². The maximum atomic E-state index is 13.4. The Morgan fingerprint density at radius 2 is 1.82 bits per heavy atom. The minimum absolute atomic E-state index is 0.181. The van der Waals surface area contributed by atoms with Crippen LogP contribution in [0, 0.1) is 24.4 Å². The minimum atomic E-state index is -1.63. The normalized spacial score (nSPS) is 10.4. The average molecular weight is 329 g/mol. The van der Waals surface area contributed by atoms with Gasteiger partial charge in [0.05, 0.1) is 12.2 Å². The van der Waals surface area contributed by atoms with Crippen molar-refractivity contribution in [2.45, 2.75) is 6.92 Å². The number of nitrogens with one attached hydrogen (secondary N) is 2. The molecule has 0 bridgehead atoms. The van der Waals surface area contributed by atoms with Gasteiger partial charge in [-0.1, -0.05) is 17.7 Å². The highest BCUT2D eigenvalue weighted by Gasteiger charge is 2.15. The zero-order valence-corrected chi connectivity index (χ0v) is 12.3. The van der Waals surface area contributed by atoms with Crippen LogP contribution in [0.5, 0.6) is 0 Å². The van der Waals surface area contributed by atoms with Gasteiger partial charge in [-0.25, -0.2) is 13.2 Å². The molecule has 0 spiro atoms. The van der Waals surface area contributed by atoms with Gasteiger partial charge in [0.25, 0.3) is 0 Å². The number of halogens is 4. The van der Waals surface area contributed by atoms with E-state index in [9.17, 15) is 18.0 Å². The molecule has 116 valence electrons. The molecule has 0 unspecified atom stereocenters. The van der Waals surface area contributed by atoms with Crippen molar-refractivity contribution in [2.75, 3.05) is 17.2 Å². The van der Waals surface area contributed by atoms with Crippen LogP contribution in [0.25, 0.3) is 0 Å². The minimum Gasteiger partial charge on any atom is -0.376 e. The third-order valence-electron chi connectivity index (χ3n) is 3.02.